The Morgan fingerprint density at radius 2 is 1.91 bits per heavy atom. The summed E-state index contributed by atoms with van der Waals surface area (Å²) in [7, 11) is 0. The van der Waals surface area contributed by atoms with E-state index < -0.39 is 0 Å². The summed E-state index contributed by atoms with van der Waals surface area (Å²) < 4.78 is 0. The number of carbonyl (C=O) groups excluding carboxylic acids is 1. The zero-order chi connectivity index (χ0) is 15.8. The van der Waals surface area contributed by atoms with Crippen LogP contribution in [0.15, 0.2) is 53.7 Å². The van der Waals surface area contributed by atoms with Crippen molar-refractivity contribution in [1.29, 1.82) is 0 Å². The van der Waals surface area contributed by atoms with Gasteiger partial charge in [-0.05, 0) is 48.7 Å². The summed E-state index contributed by atoms with van der Waals surface area (Å²) in [6.45, 7) is 4.10. The highest BCUT2D eigenvalue weighted by atomic mass is 32.2. The molecule has 116 valence electrons. The lowest BCUT2D eigenvalue weighted by Gasteiger charge is -2.13. The van der Waals surface area contributed by atoms with Crippen LogP contribution in [0.2, 0.25) is 0 Å². The van der Waals surface area contributed by atoms with Gasteiger partial charge in [-0.2, -0.15) is 0 Å². The number of hydrogen-bond acceptors (Lipinski definition) is 3. The first kappa shape index (κ1) is 16.6. The first-order valence-electron chi connectivity index (χ1n) is 7.65. The fraction of sp³-hybridized carbons (Fsp3) is 0.333. The third-order valence-corrected chi connectivity index (χ3v) is 4.69. The molecule has 1 aromatic heterocycles. The summed E-state index contributed by atoms with van der Waals surface area (Å²) in [6.07, 6.45) is 5.42. The molecule has 2 aromatic rings. The fourth-order valence-electron chi connectivity index (χ4n) is 2.19. The van der Waals surface area contributed by atoms with Crippen molar-refractivity contribution in [3.63, 3.8) is 0 Å². The Bertz CT molecular complexity index is 580. The average molecular weight is 314 g/mol. The molecule has 0 fully saturated rings. The van der Waals surface area contributed by atoms with Gasteiger partial charge in [0.05, 0.1) is 0 Å². The van der Waals surface area contributed by atoms with Gasteiger partial charge in [0.2, 0.25) is 5.91 Å². The van der Waals surface area contributed by atoms with E-state index in [0.717, 1.165) is 24.3 Å². The van der Waals surface area contributed by atoms with Crippen LogP contribution in [-0.2, 0) is 10.5 Å². The number of thioether (sulfide) groups is 1. The van der Waals surface area contributed by atoms with Gasteiger partial charge >= 0.3 is 0 Å². The Hall–Kier alpha value is -1.81. The molecule has 0 aliphatic rings. The lowest BCUT2D eigenvalue weighted by Crippen LogP contribution is -2.21. The van der Waals surface area contributed by atoms with Gasteiger partial charge in [-0.1, -0.05) is 19.9 Å². The SMILES string of the molecule is CCC(CC)C(=O)Nc1ccc(SCc2cccnc2)cc1. The van der Waals surface area contributed by atoms with E-state index in [9.17, 15) is 4.79 Å². The molecule has 0 aliphatic heterocycles. The molecule has 0 radical (unpaired) electrons. The predicted molar refractivity (Wildman–Crippen MR) is 92.9 cm³/mol. The number of rotatable bonds is 7. The van der Waals surface area contributed by atoms with Crippen molar-refractivity contribution in [1.82, 2.24) is 4.98 Å². The van der Waals surface area contributed by atoms with Crippen molar-refractivity contribution in [2.45, 2.75) is 37.3 Å². The standard InChI is InChI=1S/C18H22N2OS/c1-3-15(4-2)18(21)20-16-7-9-17(10-8-16)22-13-14-6-5-11-19-12-14/h5-12,15H,3-4,13H2,1-2H3,(H,20,21). The third-order valence-electron chi connectivity index (χ3n) is 3.61. The fourth-order valence-corrected chi connectivity index (χ4v) is 3.02. The minimum atomic E-state index is 0.0969. The van der Waals surface area contributed by atoms with Gasteiger partial charge in [0.25, 0.3) is 0 Å². The summed E-state index contributed by atoms with van der Waals surface area (Å²) in [6, 6.07) is 12.0. The van der Waals surface area contributed by atoms with Crippen LogP contribution in [0.1, 0.15) is 32.3 Å². The van der Waals surface area contributed by atoms with Gasteiger partial charge in [-0.3, -0.25) is 9.78 Å². The van der Waals surface area contributed by atoms with Crippen molar-refractivity contribution >= 4 is 23.4 Å². The molecule has 1 N–H and O–H groups in total. The zero-order valence-corrected chi connectivity index (χ0v) is 13.9. The molecule has 0 saturated carbocycles. The van der Waals surface area contributed by atoms with Crippen LogP contribution >= 0.6 is 11.8 Å². The molecule has 2 rings (SSSR count). The lowest BCUT2D eigenvalue weighted by atomic mass is 10.0. The highest BCUT2D eigenvalue weighted by Crippen LogP contribution is 2.24. The quantitative estimate of drug-likeness (QED) is 0.750. The highest BCUT2D eigenvalue weighted by Gasteiger charge is 2.13. The largest absolute Gasteiger partial charge is 0.326 e. The molecule has 0 aliphatic carbocycles. The second-order valence-corrected chi connectivity index (χ2v) is 6.23. The van der Waals surface area contributed by atoms with Crippen molar-refractivity contribution in [2.24, 2.45) is 5.92 Å². The Labute approximate surface area is 136 Å². The van der Waals surface area contributed by atoms with E-state index in [4.69, 9.17) is 0 Å². The molecule has 0 bridgehead atoms. The third kappa shape index (κ3) is 4.88. The number of anilines is 1. The van der Waals surface area contributed by atoms with Gasteiger partial charge < -0.3 is 5.32 Å². The number of pyridine rings is 1. The Morgan fingerprint density at radius 1 is 1.18 bits per heavy atom. The molecule has 0 saturated heterocycles. The minimum Gasteiger partial charge on any atom is -0.326 e. The van der Waals surface area contributed by atoms with E-state index in [1.807, 2.05) is 50.4 Å². The molecule has 0 spiro atoms. The zero-order valence-electron chi connectivity index (χ0n) is 13.1. The Balaban J connectivity index is 1.89. The van der Waals surface area contributed by atoms with E-state index in [1.165, 1.54) is 10.5 Å². The Morgan fingerprint density at radius 3 is 2.50 bits per heavy atom. The second-order valence-electron chi connectivity index (χ2n) is 5.18. The first-order chi connectivity index (χ1) is 10.7. The number of carbonyl (C=O) groups is 1. The van der Waals surface area contributed by atoms with Gasteiger partial charge in [0.1, 0.15) is 0 Å². The number of nitrogens with one attached hydrogen (secondary N) is 1. The molecular weight excluding hydrogens is 292 g/mol. The Kier molecular flexibility index (Phi) is 6.46. The summed E-state index contributed by atoms with van der Waals surface area (Å²) in [4.78, 5) is 17.3. The second kappa shape index (κ2) is 8.59. The molecular formula is C18H22N2OS. The van der Waals surface area contributed by atoms with Crippen LogP contribution < -0.4 is 5.32 Å². The number of amides is 1. The van der Waals surface area contributed by atoms with Crippen molar-refractivity contribution < 1.29 is 4.79 Å². The molecule has 1 aromatic carbocycles. The number of nitrogens with zero attached hydrogens (tertiary/aromatic N) is 1. The van der Waals surface area contributed by atoms with E-state index in [-0.39, 0.29) is 11.8 Å². The van der Waals surface area contributed by atoms with Gasteiger partial charge in [-0.25, -0.2) is 0 Å². The summed E-state index contributed by atoms with van der Waals surface area (Å²) in [5.74, 6) is 1.10. The van der Waals surface area contributed by atoms with Crippen molar-refractivity contribution in [2.75, 3.05) is 5.32 Å². The molecule has 0 unspecified atom stereocenters. The summed E-state index contributed by atoms with van der Waals surface area (Å²) in [5.41, 5.74) is 2.07. The highest BCUT2D eigenvalue weighted by molar-refractivity contribution is 7.98. The number of hydrogen-bond donors (Lipinski definition) is 1. The summed E-state index contributed by atoms with van der Waals surface area (Å²) >= 11 is 1.76. The van der Waals surface area contributed by atoms with Crippen LogP contribution in [-0.4, -0.2) is 10.9 Å². The van der Waals surface area contributed by atoms with Crippen LogP contribution in [0.3, 0.4) is 0 Å². The molecule has 3 nitrogen and oxygen atoms in total. The molecule has 1 amide bonds. The molecule has 0 atom stereocenters. The smallest absolute Gasteiger partial charge is 0.227 e. The van der Waals surface area contributed by atoms with E-state index >= 15 is 0 Å². The van der Waals surface area contributed by atoms with E-state index in [2.05, 4.69) is 16.4 Å². The first-order valence-corrected chi connectivity index (χ1v) is 8.64. The van der Waals surface area contributed by atoms with Crippen molar-refractivity contribution in [3.05, 3.63) is 54.4 Å². The van der Waals surface area contributed by atoms with Gasteiger partial charge in [0, 0.05) is 34.6 Å². The monoisotopic (exact) mass is 314 g/mol. The average Bonchev–Trinajstić information content (AvgIpc) is 2.56. The normalized spacial score (nSPS) is 10.7. The predicted octanol–water partition coefficient (Wildman–Crippen LogP) is 4.75. The molecule has 4 heteroatoms. The maximum atomic E-state index is 12.0. The van der Waals surface area contributed by atoms with Crippen molar-refractivity contribution in [3.8, 4) is 0 Å². The van der Waals surface area contributed by atoms with E-state index in [0.29, 0.717) is 0 Å². The summed E-state index contributed by atoms with van der Waals surface area (Å²) in [5, 5.41) is 2.99. The lowest BCUT2D eigenvalue weighted by molar-refractivity contribution is -0.120. The van der Waals surface area contributed by atoms with Crippen LogP contribution in [0.4, 0.5) is 5.69 Å². The molecule has 22 heavy (non-hydrogen) atoms. The number of benzene rings is 1. The maximum Gasteiger partial charge on any atom is 0.227 e. The van der Waals surface area contributed by atoms with Gasteiger partial charge in [0.15, 0.2) is 0 Å². The van der Waals surface area contributed by atoms with Crippen LogP contribution in [0, 0.1) is 5.92 Å². The van der Waals surface area contributed by atoms with Gasteiger partial charge in [-0.15, -0.1) is 11.8 Å². The number of aromatic nitrogens is 1. The van der Waals surface area contributed by atoms with Crippen LogP contribution in [0.5, 0.6) is 0 Å². The minimum absolute atomic E-state index is 0.0969. The van der Waals surface area contributed by atoms with E-state index in [1.54, 1.807) is 18.0 Å². The van der Waals surface area contributed by atoms with Crippen LogP contribution in [0.25, 0.3) is 0 Å². The molecule has 1 heterocycles. The maximum absolute atomic E-state index is 12.0. The topological polar surface area (TPSA) is 42.0 Å².